The van der Waals surface area contributed by atoms with Gasteiger partial charge >= 0.3 is 0 Å². The van der Waals surface area contributed by atoms with Crippen molar-refractivity contribution in [1.29, 1.82) is 0 Å². The number of anilines is 2. The molecule has 5 nitrogen and oxygen atoms in total. The van der Waals surface area contributed by atoms with Crippen molar-refractivity contribution in [2.24, 2.45) is 0 Å². The molecule has 0 unspecified atom stereocenters. The van der Waals surface area contributed by atoms with Crippen LogP contribution in [0.1, 0.15) is 16.2 Å². The Morgan fingerprint density at radius 3 is 2.31 bits per heavy atom. The number of aromatic nitrogens is 2. The molecule has 1 amide bonds. The van der Waals surface area contributed by atoms with E-state index in [4.69, 9.17) is 0 Å². The maximum atomic E-state index is 13.1. The van der Waals surface area contributed by atoms with Crippen molar-refractivity contribution in [3.63, 3.8) is 0 Å². The van der Waals surface area contributed by atoms with Crippen molar-refractivity contribution in [3.8, 4) is 0 Å². The van der Waals surface area contributed by atoms with Gasteiger partial charge in [0, 0.05) is 17.9 Å². The van der Waals surface area contributed by atoms with Crippen LogP contribution < -0.4 is 10.2 Å². The number of halogens is 2. The second-order valence-corrected chi connectivity index (χ2v) is 6.04. The minimum atomic E-state index is -0.336. The molecule has 7 heteroatoms. The minimum Gasteiger partial charge on any atom is -0.379 e. The summed E-state index contributed by atoms with van der Waals surface area (Å²) in [6.07, 6.45) is 0. The third-order valence-corrected chi connectivity index (χ3v) is 4.29. The van der Waals surface area contributed by atoms with Gasteiger partial charge in [0.1, 0.15) is 17.3 Å². The van der Waals surface area contributed by atoms with E-state index in [1.807, 2.05) is 0 Å². The van der Waals surface area contributed by atoms with Crippen molar-refractivity contribution in [3.05, 3.63) is 77.6 Å². The van der Waals surface area contributed by atoms with Crippen LogP contribution in [0.2, 0.25) is 0 Å². The molecular weight excluding hydrogens is 338 g/mol. The van der Waals surface area contributed by atoms with E-state index >= 15 is 0 Å². The van der Waals surface area contributed by atoms with Gasteiger partial charge in [-0.15, -0.1) is 0 Å². The maximum absolute atomic E-state index is 13.1. The quantitative estimate of drug-likeness (QED) is 0.781. The van der Waals surface area contributed by atoms with Crippen LogP contribution in [-0.4, -0.2) is 22.2 Å². The molecule has 1 aromatic heterocycles. The van der Waals surface area contributed by atoms with Crippen LogP contribution >= 0.6 is 0 Å². The first-order valence-electron chi connectivity index (χ1n) is 8.24. The SMILES string of the molecule is O=C1c2cc(CNc3ccc(F)cc3)nn2CCN1c1ccc(F)cc1. The lowest BCUT2D eigenvalue weighted by Gasteiger charge is -2.27. The predicted molar refractivity (Wildman–Crippen MR) is 94.0 cm³/mol. The molecular formula is C19H16F2N4O. The van der Waals surface area contributed by atoms with Gasteiger partial charge in [-0.25, -0.2) is 8.78 Å². The van der Waals surface area contributed by atoms with Crippen LogP contribution in [0.25, 0.3) is 0 Å². The van der Waals surface area contributed by atoms with E-state index in [0.29, 0.717) is 31.0 Å². The number of hydrogen-bond donors (Lipinski definition) is 1. The second-order valence-electron chi connectivity index (χ2n) is 6.04. The fourth-order valence-electron chi connectivity index (χ4n) is 2.96. The molecule has 132 valence electrons. The Balaban J connectivity index is 1.49. The number of hydrogen-bond acceptors (Lipinski definition) is 3. The molecule has 0 fully saturated rings. The van der Waals surface area contributed by atoms with Crippen LogP contribution in [0.3, 0.4) is 0 Å². The normalized spacial score (nSPS) is 13.6. The van der Waals surface area contributed by atoms with E-state index < -0.39 is 0 Å². The summed E-state index contributed by atoms with van der Waals surface area (Å²) in [4.78, 5) is 14.4. The van der Waals surface area contributed by atoms with E-state index in [0.717, 1.165) is 11.4 Å². The second kappa shape index (κ2) is 6.59. The lowest BCUT2D eigenvalue weighted by molar-refractivity contribution is 0.0962. The molecule has 0 saturated carbocycles. The van der Waals surface area contributed by atoms with Crippen molar-refractivity contribution < 1.29 is 13.6 Å². The largest absolute Gasteiger partial charge is 0.379 e. The molecule has 2 heterocycles. The van der Waals surface area contributed by atoms with Crippen molar-refractivity contribution in [1.82, 2.24) is 9.78 Å². The highest BCUT2D eigenvalue weighted by molar-refractivity contribution is 6.05. The molecule has 1 aliphatic rings. The number of nitrogens with one attached hydrogen (secondary N) is 1. The van der Waals surface area contributed by atoms with Gasteiger partial charge in [-0.05, 0) is 54.6 Å². The van der Waals surface area contributed by atoms with Crippen LogP contribution in [0.15, 0.2) is 54.6 Å². The van der Waals surface area contributed by atoms with E-state index in [1.165, 1.54) is 24.3 Å². The number of carbonyl (C=O) groups is 1. The summed E-state index contributed by atoms with van der Waals surface area (Å²) < 4.78 is 27.7. The molecule has 0 aliphatic carbocycles. The smallest absolute Gasteiger partial charge is 0.276 e. The Kier molecular flexibility index (Phi) is 4.12. The minimum absolute atomic E-state index is 0.164. The van der Waals surface area contributed by atoms with Gasteiger partial charge in [-0.2, -0.15) is 5.10 Å². The number of fused-ring (bicyclic) bond motifs is 1. The monoisotopic (exact) mass is 354 g/mol. The molecule has 3 aromatic rings. The Labute approximate surface area is 148 Å². The number of rotatable bonds is 4. The molecule has 26 heavy (non-hydrogen) atoms. The topological polar surface area (TPSA) is 50.2 Å². The Morgan fingerprint density at radius 2 is 1.62 bits per heavy atom. The van der Waals surface area contributed by atoms with Crippen LogP contribution in [0, 0.1) is 11.6 Å². The lowest BCUT2D eigenvalue weighted by Crippen LogP contribution is -2.40. The van der Waals surface area contributed by atoms with Gasteiger partial charge in [0.2, 0.25) is 0 Å². The van der Waals surface area contributed by atoms with Gasteiger partial charge in [0.25, 0.3) is 5.91 Å². The summed E-state index contributed by atoms with van der Waals surface area (Å²) in [6, 6.07) is 13.7. The molecule has 0 atom stereocenters. The van der Waals surface area contributed by atoms with E-state index in [1.54, 1.807) is 39.9 Å². The average Bonchev–Trinajstić information content (AvgIpc) is 3.07. The summed E-state index contributed by atoms with van der Waals surface area (Å²) in [7, 11) is 0. The van der Waals surface area contributed by atoms with Gasteiger partial charge < -0.3 is 10.2 Å². The van der Waals surface area contributed by atoms with Crippen LogP contribution in [0.5, 0.6) is 0 Å². The standard InChI is InChI=1S/C19H16F2N4O/c20-13-1-5-15(6-2-13)22-12-16-11-18-19(26)24(9-10-25(18)23-16)17-7-3-14(21)4-8-17/h1-8,11,22H,9-10,12H2. The third kappa shape index (κ3) is 3.15. The molecule has 2 aromatic carbocycles. The van der Waals surface area contributed by atoms with Crippen LogP contribution in [-0.2, 0) is 13.1 Å². The molecule has 1 aliphatic heterocycles. The maximum Gasteiger partial charge on any atom is 0.276 e. The molecule has 0 saturated heterocycles. The van der Waals surface area contributed by atoms with Crippen LogP contribution in [0.4, 0.5) is 20.2 Å². The molecule has 0 spiro atoms. The van der Waals surface area contributed by atoms with Crippen molar-refractivity contribution in [2.75, 3.05) is 16.8 Å². The Bertz CT molecular complexity index is 935. The van der Waals surface area contributed by atoms with Crippen molar-refractivity contribution in [2.45, 2.75) is 13.1 Å². The molecule has 4 rings (SSSR count). The molecule has 0 radical (unpaired) electrons. The summed E-state index contributed by atoms with van der Waals surface area (Å²) in [6.45, 7) is 1.47. The van der Waals surface area contributed by atoms with E-state index in [-0.39, 0.29) is 17.5 Å². The highest BCUT2D eigenvalue weighted by Crippen LogP contribution is 2.22. The number of carbonyl (C=O) groups excluding carboxylic acids is 1. The first-order valence-corrected chi connectivity index (χ1v) is 8.24. The summed E-state index contributed by atoms with van der Waals surface area (Å²) in [5.41, 5.74) is 2.65. The van der Waals surface area contributed by atoms with E-state index in [9.17, 15) is 13.6 Å². The Morgan fingerprint density at radius 1 is 0.962 bits per heavy atom. The van der Waals surface area contributed by atoms with Gasteiger partial charge in [-0.3, -0.25) is 9.48 Å². The van der Waals surface area contributed by atoms with E-state index in [2.05, 4.69) is 10.4 Å². The highest BCUT2D eigenvalue weighted by Gasteiger charge is 2.27. The fourth-order valence-corrected chi connectivity index (χ4v) is 2.96. The van der Waals surface area contributed by atoms with Gasteiger partial charge in [0.05, 0.1) is 18.8 Å². The fraction of sp³-hybridized carbons (Fsp3) is 0.158. The zero-order chi connectivity index (χ0) is 18.1. The first-order chi connectivity index (χ1) is 12.6. The zero-order valence-electron chi connectivity index (χ0n) is 13.8. The molecule has 1 N–H and O–H groups in total. The Hall–Kier alpha value is -3.22. The summed E-state index contributed by atoms with van der Waals surface area (Å²) in [5.74, 6) is -0.791. The average molecular weight is 354 g/mol. The lowest BCUT2D eigenvalue weighted by atomic mass is 10.2. The van der Waals surface area contributed by atoms with Gasteiger partial charge in [-0.1, -0.05) is 0 Å². The number of benzene rings is 2. The number of amides is 1. The predicted octanol–water partition coefficient (Wildman–Crippen LogP) is 3.43. The van der Waals surface area contributed by atoms with Gasteiger partial charge in [0.15, 0.2) is 0 Å². The first kappa shape index (κ1) is 16.3. The number of nitrogens with zero attached hydrogens (tertiary/aromatic N) is 3. The summed E-state index contributed by atoms with van der Waals surface area (Å²) >= 11 is 0. The zero-order valence-corrected chi connectivity index (χ0v) is 13.8. The highest BCUT2D eigenvalue weighted by atomic mass is 19.1. The van der Waals surface area contributed by atoms with Crippen molar-refractivity contribution >= 4 is 17.3 Å². The summed E-state index contributed by atoms with van der Waals surface area (Å²) in [5, 5.41) is 7.60. The third-order valence-electron chi connectivity index (χ3n) is 4.29. The molecule has 0 bridgehead atoms.